The lowest BCUT2D eigenvalue weighted by Gasteiger charge is -2.26. The summed E-state index contributed by atoms with van der Waals surface area (Å²) in [5.41, 5.74) is 1.59. The van der Waals surface area contributed by atoms with Gasteiger partial charge in [0, 0.05) is 4.52 Å². The van der Waals surface area contributed by atoms with Gasteiger partial charge in [-0.2, -0.15) is 0 Å². The van der Waals surface area contributed by atoms with Crippen LogP contribution in [0.2, 0.25) is 0 Å². The predicted octanol–water partition coefficient (Wildman–Crippen LogP) is 11.3. The Kier molecular flexibility index (Phi) is 8.46. The molecule has 5 aromatic rings. The maximum Gasteiger partial charge on any atom is 0.512 e. The molecule has 7 rings (SSSR count). The first-order valence-electron chi connectivity index (χ1n) is 14.4. The first-order chi connectivity index (χ1) is 22.5. The molecular weight excluding hydrogens is 659 g/mol. The van der Waals surface area contributed by atoms with E-state index in [0.717, 1.165) is 0 Å². The fourth-order valence-corrected chi connectivity index (χ4v) is 14.4. The molecule has 230 valence electrons. The highest BCUT2D eigenvalue weighted by atomic mass is 35.7. The van der Waals surface area contributed by atoms with Gasteiger partial charge in [-0.3, -0.25) is 4.52 Å². The van der Waals surface area contributed by atoms with Crippen molar-refractivity contribution >= 4 is 39.0 Å². The summed E-state index contributed by atoms with van der Waals surface area (Å²) in [6, 6.07) is 47.0. The Morgan fingerprint density at radius 1 is 0.565 bits per heavy atom. The Labute approximate surface area is 273 Å². The monoisotopic (exact) mass is 687 g/mol. The van der Waals surface area contributed by atoms with Crippen LogP contribution >= 0.6 is 33.5 Å². The fraction of sp³-hybridized carbons (Fsp3) is 0.0294. The third-order valence-corrected chi connectivity index (χ3v) is 15.4. The van der Waals surface area contributed by atoms with E-state index in [0.29, 0.717) is 45.1 Å². The van der Waals surface area contributed by atoms with E-state index < -0.39 is 22.3 Å². The molecule has 0 radical (unpaired) electrons. The number of nitrogens with zero attached hydrogens (tertiary/aromatic N) is 2. The maximum atomic E-state index is 7.52. The molecule has 0 fully saturated rings. The molecule has 0 bridgehead atoms. The van der Waals surface area contributed by atoms with Crippen LogP contribution < -0.4 is 27.9 Å². The average Bonchev–Trinajstić information content (AvgIpc) is 3.62. The van der Waals surface area contributed by atoms with Gasteiger partial charge >= 0.3 is 33.2 Å². The molecule has 0 spiro atoms. The maximum absolute atomic E-state index is 7.52. The Morgan fingerprint density at radius 3 is 1.46 bits per heavy atom. The molecule has 0 aromatic heterocycles. The first-order valence-corrected chi connectivity index (χ1v) is 20.2. The van der Waals surface area contributed by atoms with E-state index in [1.165, 1.54) is 0 Å². The van der Waals surface area contributed by atoms with Gasteiger partial charge in [-0.1, -0.05) is 95.8 Å². The van der Waals surface area contributed by atoms with Crippen molar-refractivity contribution in [1.29, 1.82) is 0 Å². The van der Waals surface area contributed by atoms with Crippen LogP contribution in [0.25, 0.3) is 0 Å². The number of ether oxygens (including phenoxy) is 1. The van der Waals surface area contributed by atoms with Crippen LogP contribution in [0.15, 0.2) is 172 Å². The Hall–Kier alpha value is -4.31. The smallest absolute Gasteiger partial charge is 0.424 e. The topological polar surface area (TPSA) is 82.9 Å². The van der Waals surface area contributed by atoms with Gasteiger partial charge in [-0.25, -0.2) is 0 Å². The summed E-state index contributed by atoms with van der Waals surface area (Å²) < 4.78 is 43.8. The Balaban J connectivity index is 1.44. The molecule has 5 aromatic carbocycles. The molecule has 0 aliphatic carbocycles. The Morgan fingerprint density at radius 2 is 0.978 bits per heavy atom. The van der Waals surface area contributed by atoms with E-state index in [4.69, 9.17) is 43.4 Å². The van der Waals surface area contributed by atoms with Crippen molar-refractivity contribution in [3.63, 3.8) is 0 Å². The van der Waals surface area contributed by atoms with Crippen LogP contribution in [-0.2, 0) is 0 Å². The fourth-order valence-electron chi connectivity index (χ4n) is 4.59. The lowest BCUT2D eigenvalue weighted by Crippen LogP contribution is -2.18. The molecule has 12 heteroatoms. The minimum Gasteiger partial charge on any atom is -0.424 e. The number of hydrogen-bond acceptors (Lipinski definition) is 8. The molecule has 0 saturated carbocycles. The van der Waals surface area contributed by atoms with Gasteiger partial charge in [0.1, 0.15) is 17.2 Å². The number of rotatable bonds is 10. The van der Waals surface area contributed by atoms with Crippen LogP contribution in [0.4, 0.5) is 0 Å². The van der Waals surface area contributed by atoms with E-state index in [1.54, 1.807) is 0 Å². The van der Waals surface area contributed by atoms with Crippen molar-refractivity contribution in [3.05, 3.63) is 163 Å². The largest absolute Gasteiger partial charge is 0.512 e. The molecule has 8 nitrogen and oxygen atoms in total. The van der Waals surface area contributed by atoms with Crippen molar-refractivity contribution in [2.24, 2.45) is 9.28 Å². The number of nitrogens with one attached hydrogen (secondary N) is 1. The van der Waals surface area contributed by atoms with E-state index in [2.05, 4.69) is 5.09 Å². The highest BCUT2D eigenvalue weighted by Crippen LogP contribution is 2.90. The van der Waals surface area contributed by atoms with E-state index in [1.807, 2.05) is 159 Å². The molecule has 1 N–H and O–H groups in total. The quantitative estimate of drug-likeness (QED) is 0.147. The van der Waals surface area contributed by atoms with Gasteiger partial charge in [0.05, 0.1) is 0 Å². The summed E-state index contributed by atoms with van der Waals surface area (Å²) in [4.78, 5) is 0. The van der Waals surface area contributed by atoms with Crippen LogP contribution in [0.5, 0.6) is 28.7 Å². The third-order valence-electron chi connectivity index (χ3n) is 6.75. The van der Waals surface area contributed by atoms with Crippen molar-refractivity contribution < 1.29 is 22.8 Å². The number of halogens is 1. The van der Waals surface area contributed by atoms with Crippen LogP contribution in [0.1, 0.15) is 6.92 Å². The van der Waals surface area contributed by atoms with Crippen LogP contribution in [0, 0.1) is 0 Å². The van der Waals surface area contributed by atoms with Gasteiger partial charge < -0.3 is 18.3 Å². The number of benzene rings is 5. The highest BCUT2D eigenvalue weighted by molar-refractivity contribution is 7.99. The summed E-state index contributed by atoms with van der Waals surface area (Å²) in [5, 5.41) is 3.42. The summed E-state index contributed by atoms with van der Waals surface area (Å²) >= 11 is 7.52. The average molecular weight is 688 g/mol. The Bertz CT molecular complexity index is 1890. The molecule has 2 atom stereocenters. The molecular formula is C34H29ClN3O5P3+2. The second-order valence-electron chi connectivity index (χ2n) is 10.1. The van der Waals surface area contributed by atoms with E-state index in [-0.39, 0.29) is 0 Å². The van der Waals surface area contributed by atoms with Crippen molar-refractivity contribution in [2.75, 3.05) is 0 Å². The number of fused-ring (bicyclic) bond motifs is 1. The lowest BCUT2D eigenvalue weighted by atomic mass is 10.3. The molecule has 0 saturated heterocycles. The second kappa shape index (κ2) is 12.8. The highest BCUT2D eigenvalue weighted by Gasteiger charge is 2.80. The van der Waals surface area contributed by atoms with Gasteiger partial charge in [-0.05, 0) is 67.6 Å². The zero-order valence-electron chi connectivity index (χ0n) is 24.6. The number of hydrogen-bond donors (Lipinski definition) is 1. The summed E-state index contributed by atoms with van der Waals surface area (Å²) in [5.74, 6) is 2.85. The van der Waals surface area contributed by atoms with Crippen molar-refractivity contribution in [2.45, 2.75) is 6.92 Å². The normalized spacial score (nSPS) is 21.1. The SMILES string of the molecule is CC1=N[P+]2(Oc3ccccc3)C(=C2Oc2ccccc2)N[P+](Cl)(Oc2ccccc2)N=P1(Oc1ccccc1)Oc1ccccc1. The molecule has 0 amide bonds. The standard InChI is InChI=1S/C34H29ClN3O5P3/c1-27-36-44(40-29-19-9-3-10-20-29)33(34(44)39-28-17-7-2-8-18-28)37-46(35,43-32-25-15-6-16-26-32)38-45(27,41-30-21-11-4-12-22-30)42-31-23-13-5-14-24-31/h2-26,37H,1H3/q+2. The second-order valence-corrected chi connectivity index (χ2v) is 18.1. The van der Waals surface area contributed by atoms with Gasteiger partial charge in [0.15, 0.2) is 28.2 Å². The lowest BCUT2D eigenvalue weighted by molar-refractivity contribution is 0.461. The van der Waals surface area contributed by atoms with Gasteiger partial charge in [0.2, 0.25) is 0 Å². The van der Waals surface area contributed by atoms with Crippen LogP contribution in [0.3, 0.4) is 0 Å². The molecule has 2 heterocycles. The molecule has 2 unspecified atom stereocenters. The first kappa shape index (κ1) is 30.3. The van der Waals surface area contributed by atoms with Gasteiger partial charge in [-0.15, -0.1) is 5.09 Å². The minimum absolute atomic E-state index is 0.469. The summed E-state index contributed by atoms with van der Waals surface area (Å²) in [7, 11) is -10.1. The zero-order chi connectivity index (χ0) is 31.5. The van der Waals surface area contributed by atoms with Crippen molar-refractivity contribution in [1.82, 2.24) is 5.09 Å². The summed E-state index contributed by atoms with van der Waals surface area (Å²) in [6.45, 7) is 1.84. The van der Waals surface area contributed by atoms with E-state index in [9.17, 15) is 0 Å². The molecule has 46 heavy (non-hydrogen) atoms. The van der Waals surface area contributed by atoms with E-state index >= 15 is 0 Å². The van der Waals surface area contributed by atoms with Gasteiger partial charge in [0.25, 0.3) is 0 Å². The van der Waals surface area contributed by atoms with Crippen molar-refractivity contribution in [3.8, 4) is 28.7 Å². The van der Waals surface area contributed by atoms with Crippen LogP contribution in [-0.4, -0.2) is 5.45 Å². The molecule has 2 aliphatic rings. The predicted molar refractivity (Wildman–Crippen MR) is 188 cm³/mol. The number of para-hydroxylation sites is 5. The summed E-state index contributed by atoms with van der Waals surface area (Å²) in [6.07, 6.45) is 0. The minimum atomic E-state index is -3.55. The third kappa shape index (κ3) is 6.49. The molecule has 2 aliphatic heterocycles. The zero-order valence-corrected chi connectivity index (χ0v) is 28.0.